The maximum absolute atomic E-state index is 13.0. The number of carbonyl (C=O) groups excluding carboxylic acids is 3. The van der Waals surface area contributed by atoms with Crippen molar-refractivity contribution in [2.75, 3.05) is 24.3 Å². The van der Waals surface area contributed by atoms with Crippen LogP contribution in [0, 0.1) is 0 Å². The molecule has 1 saturated heterocycles. The van der Waals surface area contributed by atoms with Crippen LogP contribution in [0.5, 0.6) is 0 Å². The van der Waals surface area contributed by atoms with Crippen molar-refractivity contribution in [3.63, 3.8) is 0 Å². The van der Waals surface area contributed by atoms with Gasteiger partial charge in [0, 0.05) is 23.0 Å². The average Bonchev–Trinajstić information content (AvgIpc) is 3.50. The third kappa shape index (κ3) is 4.76. The number of β-lactam (4-membered cyclic amide) rings is 1. The molecule has 12 nitrogen and oxygen atoms in total. The minimum atomic E-state index is -1.44. The number of hydrogen-bond donors (Lipinski definition) is 2. The number of carbonyl (C=O) groups is 3. The van der Waals surface area contributed by atoms with Crippen LogP contribution in [0.2, 0.25) is 0 Å². The summed E-state index contributed by atoms with van der Waals surface area (Å²) in [5.41, 5.74) is 6.98. The van der Waals surface area contributed by atoms with Crippen LogP contribution >= 0.6 is 46.2 Å². The van der Waals surface area contributed by atoms with E-state index >= 15 is 0 Å². The lowest BCUT2D eigenvalue weighted by atomic mass is 10.0. The largest absolute Gasteiger partial charge is 0.543 e. The lowest BCUT2D eigenvalue weighted by Gasteiger charge is -2.50. The van der Waals surface area contributed by atoms with Gasteiger partial charge in [0.15, 0.2) is 21.4 Å². The Labute approximate surface area is 226 Å². The van der Waals surface area contributed by atoms with Crippen molar-refractivity contribution in [3.8, 4) is 0 Å². The van der Waals surface area contributed by atoms with Crippen molar-refractivity contribution in [2.24, 2.45) is 12.2 Å². The van der Waals surface area contributed by atoms with Gasteiger partial charge in [-0.05, 0) is 23.0 Å². The molecule has 3 aromatic rings. The van der Waals surface area contributed by atoms with Crippen LogP contribution in [0.1, 0.15) is 5.69 Å². The number of carboxylic acid groups (broad SMARTS) is 1. The summed E-state index contributed by atoms with van der Waals surface area (Å²) in [6.45, 7) is 0. The number of pyridine rings is 1. The third-order valence-corrected chi connectivity index (χ3v) is 9.96. The molecule has 3 aromatic heterocycles. The van der Waals surface area contributed by atoms with E-state index in [1.807, 2.05) is 29.9 Å². The van der Waals surface area contributed by atoms with Crippen molar-refractivity contribution in [1.29, 1.82) is 0 Å². The van der Waals surface area contributed by atoms with Gasteiger partial charge in [-0.3, -0.25) is 14.5 Å². The van der Waals surface area contributed by atoms with Crippen LogP contribution in [-0.2, 0) is 26.3 Å². The van der Waals surface area contributed by atoms with Crippen LogP contribution in [0.25, 0.3) is 10.3 Å². The fourth-order valence-corrected chi connectivity index (χ4v) is 8.00. The van der Waals surface area contributed by atoms with Gasteiger partial charge in [-0.2, -0.15) is 4.57 Å². The van der Waals surface area contributed by atoms with E-state index < -0.39 is 29.2 Å². The maximum atomic E-state index is 13.0. The first-order chi connectivity index (χ1) is 17.8. The number of thioether (sulfide) groups is 2. The smallest absolute Gasteiger partial charge is 0.289 e. The predicted octanol–water partition coefficient (Wildman–Crippen LogP) is -0.294. The molecule has 0 aliphatic carbocycles. The lowest BCUT2D eigenvalue weighted by molar-refractivity contribution is -0.642. The second-order valence-electron chi connectivity index (χ2n) is 7.87. The Hall–Kier alpha value is -3.21. The second-order valence-corrected chi connectivity index (χ2v) is 12.1. The number of oxime groups is 1. The summed E-state index contributed by atoms with van der Waals surface area (Å²) in [7, 11) is 3.21. The monoisotopic (exact) mass is 577 g/mol. The Kier molecular flexibility index (Phi) is 7.06. The number of carboxylic acids is 1. The zero-order valence-corrected chi connectivity index (χ0v) is 22.6. The molecular formula is C21H19N7O5S4. The summed E-state index contributed by atoms with van der Waals surface area (Å²) in [6.07, 6.45) is 1.94. The summed E-state index contributed by atoms with van der Waals surface area (Å²) >= 11 is 5.42. The molecule has 1 fully saturated rings. The van der Waals surface area contributed by atoms with Crippen molar-refractivity contribution in [2.45, 2.75) is 15.8 Å². The van der Waals surface area contributed by atoms with E-state index in [1.165, 1.54) is 46.9 Å². The number of aryl methyl sites for hydroxylation is 1. The minimum absolute atomic E-state index is 0.139. The van der Waals surface area contributed by atoms with Crippen LogP contribution in [0.4, 0.5) is 5.13 Å². The van der Waals surface area contributed by atoms with E-state index in [4.69, 9.17) is 10.6 Å². The zero-order chi connectivity index (χ0) is 26.3. The Morgan fingerprint density at radius 3 is 2.92 bits per heavy atom. The highest BCUT2D eigenvalue weighted by Crippen LogP contribution is 2.41. The van der Waals surface area contributed by atoms with Gasteiger partial charge in [-0.25, -0.2) is 9.97 Å². The maximum Gasteiger partial charge on any atom is 0.289 e. The SMILES string of the molecule is CO/N=C(\C(=O)NC1C(=O)N2C(C(=O)[O-])=C(CSc3nc4ccc[n+](C)c4s3)CS[C@@H]12)c1csc(N)n1. The van der Waals surface area contributed by atoms with Crippen molar-refractivity contribution in [3.05, 3.63) is 40.7 Å². The summed E-state index contributed by atoms with van der Waals surface area (Å²) in [5.74, 6) is -1.97. The molecule has 37 heavy (non-hydrogen) atoms. The first-order valence-corrected chi connectivity index (χ1v) is 14.4. The molecule has 5 rings (SSSR count). The molecule has 2 aliphatic rings. The van der Waals surface area contributed by atoms with Crippen LogP contribution in [0.15, 0.2) is 44.5 Å². The molecule has 2 amide bonds. The Morgan fingerprint density at radius 1 is 1.43 bits per heavy atom. The highest BCUT2D eigenvalue weighted by molar-refractivity contribution is 8.02. The predicted molar refractivity (Wildman–Crippen MR) is 139 cm³/mol. The van der Waals surface area contributed by atoms with Crippen LogP contribution in [-0.4, -0.2) is 68.4 Å². The van der Waals surface area contributed by atoms with Gasteiger partial charge >= 0.3 is 0 Å². The van der Waals surface area contributed by atoms with Gasteiger partial charge in [0.05, 0.1) is 11.7 Å². The van der Waals surface area contributed by atoms with Gasteiger partial charge in [0.25, 0.3) is 16.6 Å². The molecular weight excluding hydrogens is 559 g/mol. The van der Waals surface area contributed by atoms with E-state index in [-0.39, 0.29) is 22.2 Å². The number of rotatable bonds is 8. The fraction of sp³-hybridized carbons (Fsp3) is 0.286. The van der Waals surface area contributed by atoms with E-state index in [0.29, 0.717) is 17.1 Å². The van der Waals surface area contributed by atoms with E-state index in [9.17, 15) is 19.5 Å². The molecule has 2 aliphatic heterocycles. The second kappa shape index (κ2) is 10.3. The van der Waals surface area contributed by atoms with Crippen molar-refractivity contribution in [1.82, 2.24) is 20.2 Å². The molecule has 0 radical (unpaired) electrons. The normalized spacial score (nSPS) is 19.6. The number of aliphatic carboxylic acids is 1. The molecule has 3 N–H and O–H groups in total. The fourth-order valence-electron chi connectivity index (χ4n) is 3.89. The van der Waals surface area contributed by atoms with Crippen molar-refractivity contribution < 1.29 is 28.9 Å². The molecule has 2 atom stereocenters. The Bertz CT molecular complexity index is 1480. The number of thiazole rings is 2. The number of fused-ring (bicyclic) bond motifs is 2. The minimum Gasteiger partial charge on any atom is -0.543 e. The molecule has 192 valence electrons. The number of aromatic nitrogens is 3. The molecule has 0 spiro atoms. The number of nitrogen functional groups attached to an aromatic ring is 1. The topological polar surface area (TPSA) is 167 Å². The number of amides is 2. The average molecular weight is 578 g/mol. The van der Waals surface area contributed by atoms with E-state index in [0.717, 1.165) is 26.0 Å². The third-order valence-electron chi connectivity index (χ3n) is 5.56. The Balaban J connectivity index is 1.31. The number of nitrogens with zero attached hydrogens (tertiary/aromatic N) is 5. The quantitative estimate of drug-likeness (QED) is 0.119. The summed E-state index contributed by atoms with van der Waals surface area (Å²) in [4.78, 5) is 53.5. The van der Waals surface area contributed by atoms with Gasteiger partial charge in [0.2, 0.25) is 0 Å². The highest BCUT2D eigenvalue weighted by atomic mass is 32.2. The molecule has 1 unspecified atom stereocenters. The number of nitrogens with two attached hydrogens (primary N) is 1. The van der Waals surface area contributed by atoms with Gasteiger partial charge in [-0.15, -0.1) is 23.1 Å². The summed E-state index contributed by atoms with van der Waals surface area (Å²) in [5, 5.41) is 19.6. The van der Waals surface area contributed by atoms with E-state index in [2.05, 4.69) is 20.4 Å². The Morgan fingerprint density at radius 2 is 2.24 bits per heavy atom. The zero-order valence-electron chi connectivity index (χ0n) is 19.4. The number of hydrogen-bond acceptors (Lipinski definition) is 13. The van der Waals surface area contributed by atoms with Crippen LogP contribution < -0.4 is 20.7 Å². The summed E-state index contributed by atoms with van der Waals surface area (Å²) < 4.78 is 2.77. The number of anilines is 1. The summed E-state index contributed by atoms with van der Waals surface area (Å²) in [6, 6.07) is 2.89. The van der Waals surface area contributed by atoms with Crippen LogP contribution in [0.3, 0.4) is 0 Å². The van der Waals surface area contributed by atoms with Gasteiger partial charge < -0.3 is 25.8 Å². The number of nitrogens with one attached hydrogen (secondary N) is 1. The molecule has 5 heterocycles. The first-order valence-electron chi connectivity index (χ1n) is 10.7. The highest BCUT2D eigenvalue weighted by Gasteiger charge is 2.53. The first kappa shape index (κ1) is 25.4. The molecule has 0 aromatic carbocycles. The molecule has 0 saturated carbocycles. The molecule has 16 heteroatoms. The van der Waals surface area contributed by atoms with E-state index in [1.54, 1.807) is 5.38 Å². The van der Waals surface area contributed by atoms with Gasteiger partial charge in [-0.1, -0.05) is 16.9 Å². The lowest BCUT2D eigenvalue weighted by Crippen LogP contribution is -2.71. The van der Waals surface area contributed by atoms with Gasteiger partial charge in [0.1, 0.15) is 36.8 Å². The molecule has 0 bridgehead atoms. The standard InChI is InChI=1S/C21H19N7O5S4/c1-27-5-3-4-10-17(27)37-21(24-10)36-7-9-6-34-18-13(16(30)28(18)14(9)19(31)32)25-15(29)12(26-33-2)11-8-35-20(22)23-11/h3-5,8,13,18H,6-7H2,1-2H3,(H3-,22,23,25,29,31,32)/b26-12-/t13?,18-/m0/s1. The van der Waals surface area contributed by atoms with Crippen molar-refractivity contribution >= 4 is 85.2 Å².